The van der Waals surface area contributed by atoms with Crippen molar-refractivity contribution in [3.8, 4) is 0 Å². The van der Waals surface area contributed by atoms with Gasteiger partial charge in [0.1, 0.15) is 20.8 Å². The average molecular weight is 552 g/mol. The molecule has 0 aliphatic carbocycles. The number of fused-ring (bicyclic) bond motifs is 1. The van der Waals surface area contributed by atoms with Crippen LogP contribution >= 0.6 is 23.1 Å². The molecule has 0 aliphatic rings. The predicted molar refractivity (Wildman–Crippen MR) is 140 cm³/mol. The number of anilines is 3. The summed E-state index contributed by atoms with van der Waals surface area (Å²) in [6.07, 6.45) is 1.04. The highest BCUT2D eigenvalue weighted by Gasteiger charge is 2.26. The maximum Gasteiger partial charge on any atom is 0.267 e. The molecule has 0 radical (unpaired) electrons. The monoisotopic (exact) mass is 551 g/mol. The highest BCUT2D eigenvalue weighted by atomic mass is 32.2. The van der Waals surface area contributed by atoms with Crippen LogP contribution in [-0.4, -0.2) is 37.7 Å². The third-order valence-electron chi connectivity index (χ3n) is 5.13. The van der Waals surface area contributed by atoms with Crippen LogP contribution in [0, 0.1) is 20.8 Å². The summed E-state index contributed by atoms with van der Waals surface area (Å²) in [6.45, 7) is 5.21. The highest BCUT2D eigenvalue weighted by molar-refractivity contribution is 7.93. The third kappa shape index (κ3) is 5.29. The number of nitrogens with zero attached hydrogens (tertiary/aromatic N) is 2. The van der Waals surface area contributed by atoms with Crippen LogP contribution in [0.3, 0.4) is 0 Å². The zero-order valence-electron chi connectivity index (χ0n) is 19.0. The van der Waals surface area contributed by atoms with Crippen LogP contribution in [0.1, 0.15) is 26.4 Å². The van der Waals surface area contributed by atoms with Gasteiger partial charge in [-0.1, -0.05) is 6.07 Å². The Labute approximate surface area is 210 Å². The molecule has 0 spiro atoms. The standard InChI is InChI=1S/C21H21N5O5S4/c1-11-9-12(2)19(26-34(4,28)29)13(3)18(11)22-21(27)20-17(7-8-32-20)35(30,31)25-14-5-6-15-16(10-14)24-33-23-15/h5-10,25-26H,1-4H3,(H,22,27). The quantitative estimate of drug-likeness (QED) is 0.313. The van der Waals surface area contributed by atoms with Crippen LogP contribution in [0.15, 0.2) is 40.6 Å². The van der Waals surface area contributed by atoms with Crippen molar-refractivity contribution >= 4 is 77.1 Å². The zero-order valence-corrected chi connectivity index (χ0v) is 22.3. The summed E-state index contributed by atoms with van der Waals surface area (Å²) in [6, 6.07) is 7.90. The van der Waals surface area contributed by atoms with Crippen LogP contribution in [0.25, 0.3) is 11.0 Å². The molecule has 10 nitrogen and oxygen atoms in total. The molecule has 0 bridgehead atoms. The minimum atomic E-state index is -4.09. The van der Waals surface area contributed by atoms with Gasteiger partial charge in [0.05, 0.1) is 29.4 Å². The van der Waals surface area contributed by atoms with Gasteiger partial charge in [0.25, 0.3) is 15.9 Å². The van der Waals surface area contributed by atoms with Crippen LogP contribution in [0.4, 0.5) is 17.1 Å². The van der Waals surface area contributed by atoms with E-state index in [1.807, 2.05) is 0 Å². The number of sulfonamides is 2. The normalized spacial score (nSPS) is 12.0. The van der Waals surface area contributed by atoms with Gasteiger partial charge >= 0.3 is 0 Å². The number of thiophene rings is 1. The van der Waals surface area contributed by atoms with Gasteiger partial charge in [0.2, 0.25) is 10.0 Å². The minimum Gasteiger partial charge on any atom is -0.321 e. The summed E-state index contributed by atoms with van der Waals surface area (Å²) < 4.78 is 63.0. The van der Waals surface area contributed by atoms with E-state index in [1.165, 1.54) is 11.4 Å². The van der Waals surface area contributed by atoms with E-state index in [4.69, 9.17) is 0 Å². The number of carbonyl (C=O) groups is 1. The summed E-state index contributed by atoms with van der Waals surface area (Å²) in [4.78, 5) is 13.0. The molecule has 0 saturated carbocycles. The molecular weight excluding hydrogens is 531 g/mol. The van der Waals surface area contributed by atoms with Gasteiger partial charge in [-0.05, 0) is 67.1 Å². The van der Waals surface area contributed by atoms with Gasteiger partial charge in [-0.3, -0.25) is 14.2 Å². The molecule has 0 unspecified atom stereocenters. The van der Waals surface area contributed by atoms with E-state index in [9.17, 15) is 21.6 Å². The molecule has 14 heteroatoms. The van der Waals surface area contributed by atoms with E-state index < -0.39 is 26.0 Å². The molecule has 3 N–H and O–H groups in total. The molecule has 0 saturated heterocycles. The first-order valence-electron chi connectivity index (χ1n) is 10.1. The van der Waals surface area contributed by atoms with Crippen molar-refractivity contribution in [3.05, 3.63) is 57.3 Å². The molecule has 4 aromatic rings. The fraction of sp³-hybridized carbons (Fsp3) is 0.190. The molecule has 184 valence electrons. The minimum absolute atomic E-state index is 0.00843. The Kier molecular flexibility index (Phi) is 6.57. The second kappa shape index (κ2) is 9.18. The van der Waals surface area contributed by atoms with E-state index in [1.54, 1.807) is 45.0 Å². The van der Waals surface area contributed by atoms with E-state index in [0.29, 0.717) is 44.8 Å². The highest BCUT2D eigenvalue weighted by Crippen LogP contribution is 2.33. The second-order valence-corrected chi connectivity index (χ2v) is 12.7. The average Bonchev–Trinajstić information content (AvgIpc) is 3.42. The number of nitrogens with one attached hydrogen (secondary N) is 3. The molecular formula is C21H21N5O5S4. The van der Waals surface area contributed by atoms with Crippen molar-refractivity contribution in [2.24, 2.45) is 0 Å². The Morgan fingerprint density at radius 3 is 2.29 bits per heavy atom. The van der Waals surface area contributed by atoms with Crippen molar-refractivity contribution < 1.29 is 21.6 Å². The topological polar surface area (TPSA) is 147 Å². The maximum absolute atomic E-state index is 13.2. The molecule has 0 atom stereocenters. The van der Waals surface area contributed by atoms with Crippen molar-refractivity contribution in [1.82, 2.24) is 8.75 Å². The van der Waals surface area contributed by atoms with E-state index in [0.717, 1.165) is 29.3 Å². The van der Waals surface area contributed by atoms with Gasteiger partial charge in [0, 0.05) is 5.69 Å². The molecule has 0 aliphatic heterocycles. The molecule has 35 heavy (non-hydrogen) atoms. The van der Waals surface area contributed by atoms with Gasteiger partial charge in [-0.15, -0.1) is 11.3 Å². The van der Waals surface area contributed by atoms with Crippen LogP contribution in [0.5, 0.6) is 0 Å². The van der Waals surface area contributed by atoms with E-state index in [2.05, 4.69) is 23.5 Å². The first-order chi connectivity index (χ1) is 16.4. The summed E-state index contributed by atoms with van der Waals surface area (Å²) in [5.41, 5.74) is 4.19. The predicted octanol–water partition coefficient (Wildman–Crippen LogP) is 4.10. The van der Waals surface area contributed by atoms with Gasteiger partial charge in [-0.25, -0.2) is 16.8 Å². The zero-order chi connectivity index (χ0) is 25.5. The summed E-state index contributed by atoms with van der Waals surface area (Å²) >= 11 is 2.01. The first-order valence-corrected chi connectivity index (χ1v) is 15.1. The largest absolute Gasteiger partial charge is 0.321 e. The smallest absolute Gasteiger partial charge is 0.267 e. The Balaban J connectivity index is 1.64. The Hall–Kier alpha value is -3.07. The molecule has 2 aromatic carbocycles. The number of hydrogen-bond acceptors (Lipinski definition) is 9. The van der Waals surface area contributed by atoms with Crippen molar-refractivity contribution in [1.29, 1.82) is 0 Å². The summed E-state index contributed by atoms with van der Waals surface area (Å²) in [5, 5.41) is 4.28. The Bertz CT molecular complexity index is 1670. The number of amides is 1. The number of aryl methyl sites for hydroxylation is 2. The van der Waals surface area contributed by atoms with Gasteiger partial charge in [-0.2, -0.15) is 8.75 Å². The lowest BCUT2D eigenvalue weighted by Gasteiger charge is -2.18. The summed E-state index contributed by atoms with van der Waals surface area (Å²) in [7, 11) is -7.63. The molecule has 2 heterocycles. The van der Waals surface area contributed by atoms with Gasteiger partial charge < -0.3 is 5.32 Å². The lowest BCUT2D eigenvalue weighted by molar-refractivity contribution is 0.102. The second-order valence-electron chi connectivity index (χ2n) is 7.90. The van der Waals surface area contributed by atoms with Crippen molar-refractivity contribution in [2.75, 3.05) is 21.0 Å². The molecule has 2 aromatic heterocycles. The fourth-order valence-corrected chi connectivity index (χ4v) is 7.20. The Morgan fingerprint density at radius 1 is 0.886 bits per heavy atom. The SMILES string of the molecule is Cc1cc(C)c(NS(C)(=O)=O)c(C)c1NC(=O)c1sccc1S(=O)(=O)Nc1ccc2nsnc2c1. The molecule has 1 amide bonds. The van der Waals surface area contributed by atoms with Gasteiger partial charge in [0.15, 0.2) is 0 Å². The number of aromatic nitrogens is 2. The lowest BCUT2D eigenvalue weighted by atomic mass is 10.0. The van der Waals surface area contributed by atoms with E-state index >= 15 is 0 Å². The number of benzene rings is 2. The number of carbonyl (C=O) groups excluding carboxylic acids is 1. The Morgan fingerprint density at radius 2 is 1.57 bits per heavy atom. The van der Waals surface area contributed by atoms with Crippen LogP contribution in [0.2, 0.25) is 0 Å². The number of rotatable bonds is 7. The lowest BCUT2D eigenvalue weighted by Crippen LogP contribution is -2.20. The first kappa shape index (κ1) is 25.0. The van der Waals surface area contributed by atoms with Crippen LogP contribution in [-0.2, 0) is 20.0 Å². The van der Waals surface area contributed by atoms with Crippen molar-refractivity contribution in [3.63, 3.8) is 0 Å². The fourth-order valence-electron chi connectivity index (χ4n) is 3.62. The molecule has 4 rings (SSSR count). The summed E-state index contributed by atoms with van der Waals surface area (Å²) in [5.74, 6) is -0.625. The molecule has 0 fully saturated rings. The number of hydrogen-bond donors (Lipinski definition) is 3. The third-order valence-corrected chi connectivity index (χ3v) is 8.73. The maximum atomic E-state index is 13.2. The van der Waals surface area contributed by atoms with Crippen LogP contribution < -0.4 is 14.8 Å². The van der Waals surface area contributed by atoms with Crippen molar-refractivity contribution in [2.45, 2.75) is 25.7 Å². The van der Waals surface area contributed by atoms with E-state index in [-0.39, 0.29) is 9.77 Å².